The van der Waals surface area contributed by atoms with Crippen molar-refractivity contribution in [3.8, 4) is 5.75 Å². The Bertz CT molecular complexity index is 1050. The molecule has 2 saturated carbocycles. The van der Waals surface area contributed by atoms with Gasteiger partial charge >= 0.3 is 0 Å². The number of carbonyl (C=O) groups excluding carboxylic acids is 1. The van der Waals surface area contributed by atoms with E-state index < -0.39 is 12.5 Å². The van der Waals surface area contributed by atoms with Gasteiger partial charge in [-0.05, 0) is 55.7 Å². The van der Waals surface area contributed by atoms with Gasteiger partial charge in [-0.1, -0.05) is 36.9 Å². The van der Waals surface area contributed by atoms with E-state index in [1.807, 2.05) is 12.1 Å². The Hall–Kier alpha value is -2.13. The number of hydrogen-bond acceptors (Lipinski definition) is 5. The monoisotopic (exact) mass is 504 g/mol. The van der Waals surface area contributed by atoms with E-state index in [1.165, 1.54) is 25.7 Å². The van der Waals surface area contributed by atoms with Crippen LogP contribution in [0.3, 0.4) is 0 Å². The molecule has 2 heterocycles. The molecule has 2 aliphatic carbocycles. The molecule has 2 aromatic rings. The van der Waals surface area contributed by atoms with Crippen LogP contribution in [0.5, 0.6) is 5.75 Å². The number of halogens is 2. The van der Waals surface area contributed by atoms with Crippen molar-refractivity contribution in [2.45, 2.75) is 88.6 Å². The highest BCUT2D eigenvalue weighted by atomic mass is 32.2. The number of aryl methyl sites for hydroxylation is 2. The number of hydrogen-bond donors (Lipinski definition) is 2. The molecule has 1 atom stereocenters. The maximum Gasteiger partial charge on any atom is 0.278 e. The maximum absolute atomic E-state index is 13.1. The smallest absolute Gasteiger partial charge is 0.278 e. The van der Waals surface area contributed by atoms with Crippen molar-refractivity contribution in [3.63, 3.8) is 0 Å². The lowest BCUT2D eigenvalue weighted by Gasteiger charge is -2.23. The molecule has 2 fully saturated rings. The van der Waals surface area contributed by atoms with E-state index in [4.69, 9.17) is 9.84 Å². The Balaban J connectivity index is 1.22. The van der Waals surface area contributed by atoms with Crippen LogP contribution in [0.2, 0.25) is 0 Å². The van der Waals surface area contributed by atoms with Crippen LogP contribution in [-0.2, 0) is 25.9 Å². The Morgan fingerprint density at radius 3 is 2.83 bits per heavy atom. The van der Waals surface area contributed by atoms with Crippen LogP contribution in [-0.4, -0.2) is 39.5 Å². The number of aromatic nitrogens is 2. The molecule has 0 saturated heterocycles. The molecule has 1 aliphatic heterocycles. The lowest BCUT2D eigenvalue weighted by Crippen LogP contribution is -2.42. The quantitative estimate of drug-likeness (QED) is 0.380. The summed E-state index contributed by atoms with van der Waals surface area (Å²) in [7, 11) is 0. The van der Waals surface area contributed by atoms with Crippen molar-refractivity contribution in [2.75, 3.05) is 6.61 Å². The number of nitrogens with zero attached hydrogens (tertiary/aromatic N) is 2. The van der Waals surface area contributed by atoms with E-state index in [2.05, 4.69) is 14.7 Å². The fourth-order valence-electron chi connectivity index (χ4n) is 4.50. The minimum absolute atomic E-state index is 0.00650. The zero-order valence-electron chi connectivity index (χ0n) is 20.2. The summed E-state index contributed by atoms with van der Waals surface area (Å²) >= 11 is 1.78. The Morgan fingerprint density at radius 2 is 2.09 bits per heavy atom. The van der Waals surface area contributed by atoms with Crippen LogP contribution >= 0.6 is 11.9 Å². The molecule has 190 valence electrons. The molecule has 5 rings (SSSR count). The second-order valence-electron chi connectivity index (χ2n) is 10.3. The third kappa shape index (κ3) is 6.97. The number of amides is 1. The summed E-state index contributed by atoms with van der Waals surface area (Å²) in [5.41, 5.74) is 3.64. The summed E-state index contributed by atoms with van der Waals surface area (Å²) in [5, 5.41) is 8.79. The Morgan fingerprint density at radius 1 is 1.26 bits per heavy atom. The molecular weight excluding hydrogens is 470 g/mol. The lowest BCUT2D eigenvalue weighted by atomic mass is 9.95. The van der Waals surface area contributed by atoms with E-state index in [0.717, 1.165) is 61.2 Å². The second kappa shape index (κ2) is 10.5. The SMILES string of the molecule is CC(F)(F)COc1cccc(CCC2Cc3nn(CCC4CC4)c(CNSC4CC4)c3C(=O)N2)c1. The summed E-state index contributed by atoms with van der Waals surface area (Å²) in [4.78, 5) is 13.1. The number of benzene rings is 1. The first-order chi connectivity index (χ1) is 16.8. The molecule has 0 spiro atoms. The predicted molar refractivity (Wildman–Crippen MR) is 133 cm³/mol. The van der Waals surface area contributed by atoms with Crippen molar-refractivity contribution in [1.82, 2.24) is 19.8 Å². The van der Waals surface area contributed by atoms with Gasteiger partial charge in [0.2, 0.25) is 0 Å². The average Bonchev–Trinajstić information content (AvgIpc) is 3.74. The van der Waals surface area contributed by atoms with E-state index in [1.54, 1.807) is 24.1 Å². The Kier molecular flexibility index (Phi) is 7.34. The topological polar surface area (TPSA) is 68.2 Å². The van der Waals surface area contributed by atoms with Crippen molar-refractivity contribution < 1.29 is 18.3 Å². The first-order valence-corrected chi connectivity index (χ1v) is 13.6. The van der Waals surface area contributed by atoms with Gasteiger partial charge in [0, 0.05) is 37.7 Å². The number of nitrogens with one attached hydrogen (secondary N) is 2. The zero-order valence-corrected chi connectivity index (χ0v) is 21.0. The fourth-order valence-corrected chi connectivity index (χ4v) is 5.33. The first-order valence-electron chi connectivity index (χ1n) is 12.7. The van der Waals surface area contributed by atoms with Gasteiger partial charge in [-0.2, -0.15) is 5.10 Å². The molecule has 6 nitrogen and oxygen atoms in total. The van der Waals surface area contributed by atoms with Crippen LogP contribution in [0.25, 0.3) is 0 Å². The molecule has 0 radical (unpaired) electrons. The molecule has 1 aromatic heterocycles. The van der Waals surface area contributed by atoms with Crippen molar-refractivity contribution in [2.24, 2.45) is 5.92 Å². The number of ether oxygens (including phenoxy) is 1. The number of alkyl halides is 2. The molecule has 2 N–H and O–H groups in total. The van der Waals surface area contributed by atoms with Crippen LogP contribution in [0.4, 0.5) is 8.78 Å². The molecule has 1 amide bonds. The summed E-state index contributed by atoms with van der Waals surface area (Å²) in [6.07, 6.45) is 8.43. The van der Waals surface area contributed by atoms with Crippen molar-refractivity contribution >= 4 is 17.9 Å². The molecule has 35 heavy (non-hydrogen) atoms. The highest BCUT2D eigenvalue weighted by molar-refractivity contribution is 7.98. The number of rotatable bonds is 13. The van der Waals surface area contributed by atoms with E-state index in [-0.39, 0.29) is 11.9 Å². The van der Waals surface area contributed by atoms with Crippen LogP contribution < -0.4 is 14.8 Å². The predicted octanol–water partition coefficient (Wildman–Crippen LogP) is 4.90. The van der Waals surface area contributed by atoms with Crippen LogP contribution in [0.15, 0.2) is 24.3 Å². The fraction of sp³-hybridized carbons (Fsp3) is 0.615. The van der Waals surface area contributed by atoms with Gasteiger partial charge in [-0.25, -0.2) is 8.78 Å². The summed E-state index contributed by atoms with van der Waals surface area (Å²) in [6.45, 7) is 1.72. The first kappa shape index (κ1) is 24.6. The van der Waals surface area contributed by atoms with Crippen LogP contribution in [0.1, 0.15) is 72.8 Å². The minimum atomic E-state index is -2.87. The van der Waals surface area contributed by atoms with E-state index >= 15 is 0 Å². The van der Waals surface area contributed by atoms with Gasteiger partial charge in [0.1, 0.15) is 5.75 Å². The summed E-state index contributed by atoms with van der Waals surface area (Å²) in [5.74, 6) is -1.66. The number of carbonyl (C=O) groups is 1. The zero-order chi connectivity index (χ0) is 24.4. The van der Waals surface area contributed by atoms with Crippen molar-refractivity contribution in [3.05, 3.63) is 46.8 Å². The Labute approximate surface area is 209 Å². The van der Waals surface area contributed by atoms with Gasteiger partial charge < -0.3 is 10.1 Å². The van der Waals surface area contributed by atoms with Gasteiger partial charge in [-0.15, -0.1) is 0 Å². The van der Waals surface area contributed by atoms with Crippen molar-refractivity contribution in [1.29, 1.82) is 0 Å². The molecular formula is C26H34F2N4O2S. The molecule has 1 unspecified atom stereocenters. The average molecular weight is 505 g/mol. The molecule has 3 aliphatic rings. The molecule has 1 aromatic carbocycles. The van der Waals surface area contributed by atoms with Gasteiger partial charge in [0.05, 0.1) is 17.0 Å². The van der Waals surface area contributed by atoms with E-state index in [9.17, 15) is 13.6 Å². The highest BCUT2D eigenvalue weighted by Crippen LogP contribution is 2.34. The third-order valence-corrected chi connectivity index (χ3v) is 7.88. The normalized spacial score (nSPS) is 20.0. The number of fused-ring (bicyclic) bond motifs is 1. The van der Waals surface area contributed by atoms with Gasteiger partial charge in [0.25, 0.3) is 11.8 Å². The summed E-state index contributed by atoms with van der Waals surface area (Å²) < 4.78 is 37.0. The van der Waals surface area contributed by atoms with Gasteiger partial charge in [0.15, 0.2) is 6.61 Å². The van der Waals surface area contributed by atoms with Crippen LogP contribution in [0, 0.1) is 5.92 Å². The lowest BCUT2D eigenvalue weighted by molar-refractivity contribution is -0.0229. The largest absolute Gasteiger partial charge is 0.487 e. The highest BCUT2D eigenvalue weighted by Gasteiger charge is 2.32. The van der Waals surface area contributed by atoms with Gasteiger partial charge in [-0.3, -0.25) is 14.2 Å². The second-order valence-corrected chi connectivity index (χ2v) is 11.5. The minimum Gasteiger partial charge on any atom is -0.487 e. The van der Waals surface area contributed by atoms with E-state index in [0.29, 0.717) is 24.0 Å². The maximum atomic E-state index is 13.1. The standard InChI is InChI=1S/C26H34F2N4O2S/c1-26(27,28)16-34-20-4-2-3-18(13-20)7-8-19-14-22-24(25(33)30-19)23(15-29-35-21-9-10-21)32(31-22)12-11-17-5-6-17/h2-4,13,17,19,21,29H,5-12,14-16H2,1H3,(H,30,33). The third-order valence-electron chi connectivity index (χ3n) is 6.76. The summed E-state index contributed by atoms with van der Waals surface area (Å²) in [6, 6.07) is 7.26. The molecule has 0 bridgehead atoms. The molecule has 9 heteroatoms.